The average molecular weight is 379 g/mol. The molecular formula is C19H23ClN2O4. The molecule has 0 aromatic heterocycles. The molecule has 1 saturated carbocycles. The van der Waals surface area contributed by atoms with Gasteiger partial charge in [0.2, 0.25) is 11.8 Å². The van der Waals surface area contributed by atoms with Gasteiger partial charge in [0.25, 0.3) is 0 Å². The summed E-state index contributed by atoms with van der Waals surface area (Å²) < 4.78 is 10.5. The van der Waals surface area contributed by atoms with Crippen molar-refractivity contribution in [2.45, 2.75) is 12.8 Å². The molecule has 2 amide bonds. The maximum atomic E-state index is 12.4. The number of nitrogens with zero attached hydrogens (tertiary/aromatic N) is 2. The van der Waals surface area contributed by atoms with E-state index in [0.717, 1.165) is 18.4 Å². The molecule has 0 atom stereocenters. The molecule has 0 N–H and O–H groups in total. The first-order chi connectivity index (χ1) is 12.5. The van der Waals surface area contributed by atoms with Crippen LogP contribution in [0, 0.1) is 5.92 Å². The van der Waals surface area contributed by atoms with Crippen molar-refractivity contribution in [3.63, 3.8) is 0 Å². The van der Waals surface area contributed by atoms with Crippen LogP contribution in [0.1, 0.15) is 18.4 Å². The first-order valence-electron chi connectivity index (χ1n) is 8.70. The summed E-state index contributed by atoms with van der Waals surface area (Å²) in [5.41, 5.74) is 0.753. The molecule has 2 fully saturated rings. The Hall–Kier alpha value is -2.21. The van der Waals surface area contributed by atoms with E-state index in [2.05, 4.69) is 0 Å². The van der Waals surface area contributed by atoms with Crippen molar-refractivity contribution < 1.29 is 19.1 Å². The van der Waals surface area contributed by atoms with E-state index in [4.69, 9.17) is 21.1 Å². The van der Waals surface area contributed by atoms with Gasteiger partial charge < -0.3 is 19.3 Å². The van der Waals surface area contributed by atoms with Crippen LogP contribution in [-0.4, -0.2) is 62.0 Å². The number of halogens is 1. The molecule has 3 rings (SSSR count). The number of carbonyl (C=O) groups is 2. The average Bonchev–Trinajstić information content (AvgIpc) is 3.50. The van der Waals surface area contributed by atoms with E-state index in [-0.39, 0.29) is 17.7 Å². The highest BCUT2D eigenvalue weighted by Gasteiger charge is 2.34. The van der Waals surface area contributed by atoms with Crippen LogP contribution in [0.3, 0.4) is 0 Å². The summed E-state index contributed by atoms with van der Waals surface area (Å²) in [6, 6.07) is 3.49. The van der Waals surface area contributed by atoms with Crippen LogP contribution >= 0.6 is 11.6 Å². The molecule has 1 heterocycles. The maximum Gasteiger partial charge on any atom is 0.246 e. The SMILES string of the molecule is COc1cc(/C=C\C(=O)N2CCN(C(=O)C3CC3)CC2)cc(Cl)c1OC. The lowest BCUT2D eigenvalue weighted by atomic mass is 10.1. The van der Waals surface area contributed by atoms with Gasteiger partial charge in [-0.15, -0.1) is 0 Å². The fraction of sp³-hybridized carbons (Fsp3) is 0.474. The Bertz CT molecular complexity index is 722. The largest absolute Gasteiger partial charge is 0.493 e. The molecule has 1 saturated heterocycles. The zero-order valence-corrected chi connectivity index (χ0v) is 15.8. The summed E-state index contributed by atoms with van der Waals surface area (Å²) in [5, 5.41) is 0.422. The second-order valence-corrected chi connectivity index (χ2v) is 6.90. The summed E-state index contributed by atoms with van der Waals surface area (Å²) in [4.78, 5) is 28.1. The minimum Gasteiger partial charge on any atom is -0.493 e. The summed E-state index contributed by atoms with van der Waals surface area (Å²) in [5.74, 6) is 1.38. The fourth-order valence-electron chi connectivity index (χ4n) is 3.04. The molecule has 140 valence electrons. The first kappa shape index (κ1) is 18.6. The van der Waals surface area contributed by atoms with E-state index >= 15 is 0 Å². The predicted octanol–water partition coefficient (Wildman–Crippen LogP) is 2.45. The Balaban J connectivity index is 1.59. The Morgan fingerprint density at radius 1 is 1.08 bits per heavy atom. The first-order valence-corrected chi connectivity index (χ1v) is 9.08. The number of benzene rings is 1. The third-order valence-corrected chi connectivity index (χ3v) is 4.98. The number of carbonyl (C=O) groups excluding carboxylic acids is 2. The van der Waals surface area contributed by atoms with Gasteiger partial charge in [-0.25, -0.2) is 0 Å². The highest BCUT2D eigenvalue weighted by molar-refractivity contribution is 6.32. The molecule has 2 aliphatic rings. The second kappa shape index (κ2) is 7.99. The van der Waals surface area contributed by atoms with Gasteiger partial charge >= 0.3 is 0 Å². The van der Waals surface area contributed by atoms with Crippen molar-refractivity contribution in [3.05, 3.63) is 28.8 Å². The smallest absolute Gasteiger partial charge is 0.246 e. The highest BCUT2D eigenvalue weighted by Crippen LogP contribution is 2.36. The minimum absolute atomic E-state index is 0.0746. The van der Waals surface area contributed by atoms with Gasteiger partial charge in [0.15, 0.2) is 11.5 Å². The number of amides is 2. The Morgan fingerprint density at radius 3 is 2.31 bits per heavy atom. The maximum absolute atomic E-state index is 12.4. The van der Waals surface area contributed by atoms with E-state index in [1.165, 1.54) is 20.3 Å². The Morgan fingerprint density at radius 2 is 1.73 bits per heavy atom. The third-order valence-electron chi connectivity index (χ3n) is 4.70. The summed E-state index contributed by atoms with van der Waals surface area (Å²) in [6.45, 7) is 2.34. The van der Waals surface area contributed by atoms with E-state index in [9.17, 15) is 9.59 Å². The molecular weight excluding hydrogens is 356 g/mol. The molecule has 0 spiro atoms. The molecule has 0 radical (unpaired) electrons. The molecule has 1 aliphatic carbocycles. The van der Waals surface area contributed by atoms with Crippen LogP contribution in [-0.2, 0) is 9.59 Å². The van der Waals surface area contributed by atoms with Gasteiger partial charge in [-0.05, 0) is 36.6 Å². The summed E-state index contributed by atoms with van der Waals surface area (Å²) >= 11 is 6.18. The number of methoxy groups -OCH3 is 2. The topological polar surface area (TPSA) is 59.1 Å². The van der Waals surface area contributed by atoms with Gasteiger partial charge in [0.1, 0.15) is 0 Å². The van der Waals surface area contributed by atoms with Crippen LogP contribution in [0.4, 0.5) is 0 Å². The summed E-state index contributed by atoms with van der Waals surface area (Å²) in [6.07, 6.45) is 5.25. The number of ether oxygens (including phenoxy) is 2. The van der Waals surface area contributed by atoms with Crippen molar-refractivity contribution in [2.75, 3.05) is 40.4 Å². The van der Waals surface area contributed by atoms with Crippen LogP contribution < -0.4 is 9.47 Å². The van der Waals surface area contributed by atoms with Crippen LogP contribution in [0.5, 0.6) is 11.5 Å². The zero-order valence-electron chi connectivity index (χ0n) is 15.0. The normalized spacial score (nSPS) is 17.5. The second-order valence-electron chi connectivity index (χ2n) is 6.50. The zero-order chi connectivity index (χ0) is 18.7. The number of hydrogen-bond donors (Lipinski definition) is 0. The van der Waals surface area contributed by atoms with E-state index in [0.29, 0.717) is 42.7 Å². The minimum atomic E-state index is -0.0746. The van der Waals surface area contributed by atoms with E-state index in [1.54, 1.807) is 23.1 Å². The Labute approximate surface area is 158 Å². The van der Waals surface area contributed by atoms with E-state index < -0.39 is 0 Å². The van der Waals surface area contributed by atoms with Crippen molar-refractivity contribution in [3.8, 4) is 11.5 Å². The number of piperazine rings is 1. The van der Waals surface area contributed by atoms with Gasteiger partial charge in [-0.1, -0.05) is 11.6 Å². The molecule has 0 unspecified atom stereocenters. The van der Waals surface area contributed by atoms with Gasteiger partial charge in [0, 0.05) is 38.2 Å². The van der Waals surface area contributed by atoms with Gasteiger partial charge in [-0.3, -0.25) is 9.59 Å². The molecule has 1 aromatic rings. The fourth-order valence-corrected chi connectivity index (χ4v) is 3.34. The van der Waals surface area contributed by atoms with Crippen LogP contribution in [0.25, 0.3) is 6.08 Å². The number of rotatable bonds is 5. The van der Waals surface area contributed by atoms with Gasteiger partial charge in [0.05, 0.1) is 19.2 Å². The molecule has 6 nitrogen and oxygen atoms in total. The highest BCUT2D eigenvalue weighted by atomic mass is 35.5. The monoisotopic (exact) mass is 378 g/mol. The lowest BCUT2D eigenvalue weighted by Gasteiger charge is -2.34. The molecule has 7 heteroatoms. The van der Waals surface area contributed by atoms with Crippen molar-refractivity contribution in [1.29, 1.82) is 0 Å². The lowest BCUT2D eigenvalue weighted by molar-refractivity contribution is -0.138. The number of hydrogen-bond acceptors (Lipinski definition) is 4. The van der Waals surface area contributed by atoms with Crippen molar-refractivity contribution in [2.24, 2.45) is 5.92 Å². The quantitative estimate of drug-likeness (QED) is 0.738. The predicted molar refractivity (Wildman–Crippen MR) is 99.5 cm³/mol. The van der Waals surface area contributed by atoms with Crippen LogP contribution in [0.15, 0.2) is 18.2 Å². The van der Waals surface area contributed by atoms with Crippen LogP contribution in [0.2, 0.25) is 5.02 Å². The molecule has 0 bridgehead atoms. The standard InChI is InChI=1S/C19H23ClN2O4/c1-25-16-12-13(11-15(20)18(16)26-2)3-6-17(23)21-7-9-22(10-8-21)19(24)14-4-5-14/h3,6,11-12,14H,4-5,7-10H2,1-2H3/b6-3-. The van der Waals surface area contributed by atoms with Crippen molar-refractivity contribution >= 4 is 29.5 Å². The molecule has 1 aliphatic heterocycles. The molecule has 26 heavy (non-hydrogen) atoms. The Kier molecular flexibility index (Phi) is 5.71. The van der Waals surface area contributed by atoms with E-state index in [1.807, 2.05) is 4.90 Å². The van der Waals surface area contributed by atoms with Crippen molar-refractivity contribution in [1.82, 2.24) is 9.80 Å². The molecule has 1 aromatic carbocycles. The van der Waals surface area contributed by atoms with Gasteiger partial charge in [-0.2, -0.15) is 0 Å². The summed E-state index contributed by atoms with van der Waals surface area (Å²) in [7, 11) is 3.06. The lowest BCUT2D eigenvalue weighted by Crippen LogP contribution is -2.50. The third kappa shape index (κ3) is 4.12.